The van der Waals surface area contributed by atoms with E-state index in [0.717, 1.165) is 11.1 Å². The van der Waals surface area contributed by atoms with Crippen molar-refractivity contribution in [2.75, 3.05) is 34.5 Å². The SMILES string of the molecule is COC(=O)c1ccc(OC[C@H]2c3cc(OC)c(OC)cc3CCN2C(=O)c2c(F)cccc2Cl)cc1. The number of carbonyl (C=O) groups excluding carboxylic acids is 2. The van der Waals surface area contributed by atoms with Gasteiger partial charge in [-0.15, -0.1) is 0 Å². The second-order valence-electron chi connectivity index (χ2n) is 8.09. The van der Waals surface area contributed by atoms with E-state index < -0.39 is 23.7 Å². The highest BCUT2D eigenvalue weighted by Crippen LogP contribution is 2.39. The summed E-state index contributed by atoms with van der Waals surface area (Å²) in [7, 11) is 4.40. The Morgan fingerprint density at radius 1 is 1.03 bits per heavy atom. The number of hydrogen-bond acceptors (Lipinski definition) is 6. The molecule has 0 aliphatic carbocycles. The standard InChI is InChI=1S/C27H25ClFNO6/c1-33-23-13-17-11-12-30(26(31)25-20(28)5-4-6-21(25)29)22(19(17)14-24(23)34-2)15-36-18-9-7-16(8-10-18)27(32)35-3/h4-10,13-14,22H,11-12,15H2,1-3H3/t22-/m0/s1. The Morgan fingerprint density at radius 3 is 2.36 bits per heavy atom. The number of rotatable bonds is 7. The molecule has 3 aromatic rings. The normalized spacial score (nSPS) is 14.6. The average molecular weight is 514 g/mol. The maximum atomic E-state index is 14.6. The summed E-state index contributed by atoms with van der Waals surface area (Å²) in [5.41, 5.74) is 1.96. The lowest BCUT2D eigenvalue weighted by atomic mass is 9.91. The predicted octanol–water partition coefficient (Wildman–Crippen LogP) is 5.10. The van der Waals surface area contributed by atoms with Gasteiger partial charge < -0.3 is 23.8 Å². The average Bonchev–Trinajstić information content (AvgIpc) is 2.90. The van der Waals surface area contributed by atoms with Crippen LogP contribution >= 0.6 is 11.6 Å². The molecule has 1 atom stereocenters. The zero-order valence-corrected chi connectivity index (χ0v) is 20.8. The van der Waals surface area contributed by atoms with Gasteiger partial charge in [0.05, 0.1) is 43.5 Å². The van der Waals surface area contributed by atoms with Crippen LogP contribution in [-0.4, -0.2) is 51.3 Å². The first kappa shape index (κ1) is 25.3. The van der Waals surface area contributed by atoms with Gasteiger partial charge in [0, 0.05) is 6.54 Å². The van der Waals surface area contributed by atoms with E-state index in [9.17, 15) is 14.0 Å². The summed E-state index contributed by atoms with van der Waals surface area (Å²) in [4.78, 5) is 26.8. The molecule has 0 saturated heterocycles. The van der Waals surface area contributed by atoms with Gasteiger partial charge in [-0.3, -0.25) is 4.79 Å². The van der Waals surface area contributed by atoms with Crippen molar-refractivity contribution in [1.29, 1.82) is 0 Å². The summed E-state index contributed by atoms with van der Waals surface area (Å²) in [6, 6.07) is 13.7. The number of methoxy groups -OCH3 is 3. The summed E-state index contributed by atoms with van der Waals surface area (Å²) in [6.45, 7) is 0.388. The van der Waals surface area contributed by atoms with Crippen molar-refractivity contribution in [1.82, 2.24) is 4.90 Å². The van der Waals surface area contributed by atoms with E-state index in [-0.39, 0.29) is 17.2 Å². The van der Waals surface area contributed by atoms with Gasteiger partial charge >= 0.3 is 5.97 Å². The van der Waals surface area contributed by atoms with Crippen molar-refractivity contribution < 1.29 is 32.9 Å². The highest BCUT2D eigenvalue weighted by Gasteiger charge is 2.35. The van der Waals surface area contributed by atoms with Crippen LogP contribution in [0.15, 0.2) is 54.6 Å². The van der Waals surface area contributed by atoms with E-state index in [4.69, 9.17) is 30.5 Å². The number of carbonyl (C=O) groups is 2. The molecular weight excluding hydrogens is 489 g/mol. The summed E-state index contributed by atoms with van der Waals surface area (Å²) in [5.74, 6) is -0.112. The van der Waals surface area contributed by atoms with Crippen molar-refractivity contribution in [2.45, 2.75) is 12.5 Å². The maximum absolute atomic E-state index is 14.6. The second-order valence-corrected chi connectivity index (χ2v) is 8.50. The highest BCUT2D eigenvalue weighted by atomic mass is 35.5. The van der Waals surface area contributed by atoms with Gasteiger partial charge in [-0.1, -0.05) is 17.7 Å². The van der Waals surface area contributed by atoms with Gasteiger partial charge in [0.2, 0.25) is 0 Å². The van der Waals surface area contributed by atoms with Gasteiger partial charge in [-0.2, -0.15) is 0 Å². The summed E-state index contributed by atoms with van der Waals surface area (Å²) in [5, 5.41) is 0.0381. The van der Waals surface area contributed by atoms with Crippen LogP contribution in [0.3, 0.4) is 0 Å². The Morgan fingerprint density at radius 2 is 1.72 bits per heavy atom. The zero-order valence-electron chi connectivity index (χ0n) is 20.0. The number of hydrogen-bond donors (Lipinski definition) is 0. The van der Waals surface area contributed by atoms with Crippen molar-refractivity contribution in [3.63, 3.8) is 0 Å². The van der Waals surface area contributed by atoms with Crippen LogP contribution in [-0.2, 0) is 11.2 Å². The number of benzene rings is 3. The first-order valence-corrected chi connectivity index (χ1v) is 11.6. The van der Waals surface area contributed by atoms with E-state index in [1.165, 1.54) is 32.4 Å². The lowest BCUT2D eigenvalue weighted by Crippen LogP contribution is -2.43. The number of ether oxygens (including phenoxy) is 4. The first-order chi connectivity index (χ1) is 17.4. The topological polar surface area (TPSA) is 74.3 Å². The fourth-order valence-corrected chi connectivity index (χ4v) is 4.52. The van der Waals surface area contributed by atoms with Crippen LogP contribution in [0.2, 0.25) is 5.02 Å². The number of amides is 1. The third-order valence-corrected chi connectivity index (χ3v) is 6.44. The van der Waals surface area contributed by atoms with Crippen LogP contribution < -0.4 is 14.2 Å². The van der Waals surface area contributed by atoms with Crippen molar-refractivity contribution in [2.24, 2.45) is 0 Å². The molecule has 0 bridgehead atoms. The lowest BCUT2D eigenvalue weighted by molar-refractivity contribution is 0.0579. The maximum Gasteiger partial charge on any atom is 0.337 e. The van der Waals surface area contributed by atoms with Crippen molar-refractivity contribution >= 4 is 23.5 Å². The molecule has 1 heterocycles. The Kier molecular flexibility index (Phi) is 7.64. The molecule has 188 valence electrons. The van der Waals surface area contributed by atoms with Crippen molar-refractivity contribution in [3.8, 4) is 17.2 Å². The fourth-order valence-electron chi connectivity index (χ4n) is 4.28. The van der Waals surface area contributed by atoms with Gasteiger partial charge in [-0.05, 0) is 66.1 Å². The number of halogens is 2. The Bertz CT molecular complexity index is 1260. The minimum atomic E-state index is -0.691. The molecule has 3 aromatic carbocycles. The minimum Gasteiger partial charge on any atom is -0.493 e. The first-order valence-electron chi connectivity index (χ1n) is 11.2. The van der Waals surface area contributed by atoms with Gasteiger partial charge in [0.25, 0.3) is 5.91 Å². The Balaban J connectivity index is 1.70. The molecule has 9 heteroatoms. The fraction of sp³-hybridized carbons (Fsp3) is 0.259. The van der Waals surface area contributed by atoms with Crippen LogP contribution in [0.25, 0.3) is 0 Å². The quantitative estimate of drug-likeness (QED) is 0.409. The largest absolute Gasteiger partial charge is 0.493 e. The second kappa shape index (κ2) is 10.9. The molecule has 0 radical (unpaired) electrons. The molecule has 1 amide bonds. The van der Waals surface area contributed by atoms with Crippen molar-refractivity contribution in [3.05, 3.63) is 87.7 Å². The molecule has 36 heavy (non-hydrogen) atoms. The molecule has 0 N–H and O–H groups in total. The molecule has 0 unspecified atom stereocenters. The minimum absolute atomic E-state index is 0.0381. The van der Waals surface area contributed by atoms with E-state index >= 15 is 0 Å². The van der Waals surface area contributed by atoms with Gasteiger partial charge in [0.1, 0.15) is 18.2 Å². The van der Waals surface area contributed by atoms with E-state index in [1.807, 2.05) is 12.1 Å². The number of fused-ring (bicyclic) bond motifs is 1. The Labute approximate surface area is 213 Å². The molecule has 0 saturated carbocycles. The van der Waals surface area contributed by atoms with Gasteiger partial charge in [-0.25, -0.2) is 9.18 Å². The predicted molar refractivity (Wildman–Crippen MR) is 132 cm³/mol. The highest BCUT2D eigenvalue weighted by molar-refractivity contribution is 6.33. The number of nitrogens with zero attached hydrogens (tertiary/aromatic N) is 1. The molecule has 0 aromatic heterocycles. The van der Waals surface area contributed by atoms with Crippen LogP contribution in [0.5, 0.6) is 17.2 Å². The summed E-state index contributed by atoms with van der Waals surface area (Å²) in [6.07, 6.45) is 0.526. The zero-order chi connectivity index (χ0) is 25.8. The van der Waals surface area contributed by atoms with E-state index in [2.05, 4.69) is 0 Å². The number of esters is 1. The summed E-state index contributed by atoms with van der Waals surface area (Å²) < 4.78 is 36.3. The molecule has 1 aliphatic rings. The molecular formula is C27H25ClFNO6. The third-order valence-electron chi connectivity index (χ3n) is 6.12. The monoisotopic (exact) mass is 513 g/mol. The van der Waals surface area contributed by atoms with Crippen LogP contribution in [0, 0.1) is 5.82 Å². The Hall–Kier alpha value is -3.78. The molecule has 4 rings (SSSR count). The van der Waals surface area contributed by atoms with Gasteiger partial charge in [0.15, 0.2) is 11.5 Å². The molecule has 0 spiro atoms. The lowest BCUT2D eigenvalue weighted by Gasteiger charge is -2.38. The molecule has 0 fully saturated rings. The van der Waals surface area contributed by atoms with E-state index in [1.54, 1.807) is 36.3 Å². The molecule has 7 nitrogen and oxygen atoms in total. The summed E-state index contributed by atoms with van der Waals surface area (Å²) >= 11 is 6.21. The van der Waals surface area contributed by atoms with Crippen LogP contribution in [0.1, 0.15) is 37.9 Å². The smallest absolute Gasteiger partial charge is 0.337 e. The molecule has 1 aliphatic heterocycles. The van der Waals surface area contributed by atoms with E-state index in [0.29, 0.717) is 35.8 Å². The van der Waals surface area contributed by atoms with Crippen LogP contribution in [0.4, 0.5) is 4.39 Å². The third kappa shape index (κ3) is 4.95.